The van der Waals surface area contributed by atoms with Crippen molar-refractivity contribution in [2.24, 2.45) is 0 Å². The Hall–Kier alpha value is -5.17. The molecule has 4 fully saturated rings. The molecule has 5 aliphatic rings. The van der Waals surface area contributed by atoms with Crippen LogP contribution in [0.25, 0.3) is 32.9 Å². The number of fused-ring (bicyclic) bond motifs is 7. The molecule has 4 saturated heterocycles. The van der Waals surface area contributed by atoms with Gasteiger partial charge in [-0.3, -0.25) is 4.90 Å². The second-order valence-electron chi connectivity index (χ2n) is 15.1. The number of nitrogens with one attached hydrogen (secondary N) is 1. The average molecular weight is 769 g/mol. The van der Waals surface area contributed by atoms with Gasteiger partial charge in [-0.05, 0) is 67.9 Å². The van der Waals surface area contributed by atoms with Crippen molar-refractivity contribution in [2.45, 2.75) is 66.8 Å². The molecule has 0 radical (unpaired) electrons. The molecule has 1 N–H and O–H groups in total. The summed E-state index contributed by atoms with van der Waals surface area (Å²) in [6.07, 6.45) is 8.76. The van der Waals surface area contributed by atoms with Gasteiger partial charge in [-0.25, -0.2) is 18.2 Å². The fraction of sp³-hybridized carbons (Fsp3) is 0.375. The minimum Gasteiger partial charge on any atom is -0.475 e. The molecule has 0 unspecified atom stereocenters. The molecule has 15 heteroatoms. The molecule has 7 heterocycles. The number of pyridine rings is 1. The van der Waals surface area contributed by atoms with Crippen LogP contribution in [0.4, 0.5) is 19.0 Å². The van der Waals surface area contributed by atoms with Gasteiger partial charge in [0, 0.05) is 42.5 Å². The number of ether oxygens (including phenoxy) is 2. The number of alkyl halides is 1. The maximum Gasteiger partial charge on any atom is 0.339 e. The van der Waals surface area contributed by atoms with Crippen molar-refractivity contribution in [3.05, 3.63) is 71.8 Å². The first-order chi connectivity index (χ1) is 26.6. The van der Waals surface area contributed by atoms with Crippen molar-refractivity contribution in [3.63, 3.8) is 0 Å². The molecule has 10 rings (SSSR count). The molecule has 0 spiro atoms. The quantitative estimate of drug-likeness (QED) is 0.166. The van der Waals surface area contributed by atoms with E-state index in [4.69, 9.17) is 30.0 Å². The van der Waals surface area contributed by atoms with Gasteiger partial charge in [0.1, 0.15) is 58.3 Å². The summed E-state index contributed by atoms with van der Waals surface area (Å²) < 4.78 is 92.6. The summed E-state index contributed by atoms with van der Waals surface area (Å²) in [7, 11) is -4.34. The highest BCUT2D eigenvalue weighted by molar-refractivity contribution is 7.87. The van der Waals surface area contributed by atoms with Gasteiger partial charge in [0.05, 0.1) is 17.1 Å². The van der Waals surface area contributed by atoms with Crippen molar-refractivity contribution in [2.75, 3.05) is 37.7 Å². The number of piperazine rings is 1. The van der Waals surface area contributed by atoms with Crippen LogP contribution in [0.2, 0.25) is 0 Å². The fourth-order valence-corrected chi connectivity index (χ4v) is 10.3. The lowest BCUT2D eigenvalue weighted by atomic mass is 9.95. The third-order valence-corrected chi connectivity index (χ3v) is 13.1. The Bertz CT molecular complexity index is 2560. The first-order valence-electron chi connectivity index (χ1n) is 18.4. The molecule has 55 heavy (non-hydrogen) atoms. The van der Waals surface area contributed by atoms with Crippen molar-refractivity contribution in [1.82, 2.24) is 25.2 Å². The Labute approximate surface area is 314 Å². The first kappa shape index (κ1) is 34.3. The summed E-state index contributed by atoms with van der Waals surface area (Å²) in [5, 5.41) is 4.30. The van der Waals surface area contributed by atoms with Gasteiger partial charge in [0.15, 0.2) is 5.82 Å². The van der Waals surface area contributed by atoms with Crippen molar-refractivity contribution in [1.29, 1.82) is 0 Å². The zero-order chi connectivity index (χ0) is 37.6. The largest absolute Gasteiger partial charge is 0.475 e. The molecular weight excluding hydrogens is 734 g/mol. The van der Waals surface area contributed by atoms with E-state index >= 15 is 8.78 Å². The van der Waals surface area contributed by atoms with Crippen molar-refractivity contribution in [3.8, 4) is 41.2 Å². The topological polar surface area (TPSA) is 119 Å². The highest BCUT2D eigenvalue weighted by Crippen LogP contribution is 2.46. The molecule has 5 aromatic rings. The van der Waals surface area contributed by atoms with Crippen molar-refractivity contribution < 1.29 is 35.2 Å². The highest BCUT2D eigenvalue weighted by atomic mass is 32.2. The van der Waals surface area contributed by atoms with Crippen LogP contribution in [0.3, 0.4) is 0 Å². The van der Waals surface area contributed by atoms with Crippen LogP contribution in [-0.4, -0.2) is 91.0 Å². The van der Waals surface area contributed by atoms with Gasteiger partial charge in [0.25, 0.3) is 0 Å². The van der Waals surface area contributed by atoms with Crippen LogP contribution < -0.4 is 23.9 Å². The zero-order valence-electron chi connectivity index (χ0n) is 29.5. The van der Waals surface area contributed by atoms with E-state index in [1.807, 2.05) is 0 Å². The molecule has 2 bridgehead atoms. The minimum absolute atomic E-state index is 0.0341. The van der Waals surface area contributed by atoms with Gasteiger partial charge in [0.2, 0.25) is 5.88 Å². The number of aromatic nitrogens is 3. The van der Waals surface area contributed by atoms with Gasteiger partial charge in [-0.2, -0.15) is 18.4 Å². The van der Waals surface area contributed by atoms with E-state index in [0.717, 1.165) is 38.3 Å². The zero-order valence-corrected chi connectivity index (χ0v) is 30.3. The minimum atomic E-state index is -4.34. The van der Waals surface area contributed by atoms with Gasteiger partial charge in [-0.15, -0.1) is 6.42 Å². The van der Waals surface area contributed by atoms with E-state index < -0.39 is 33.5 Å². The first-order valence-corrected chi connectivity index (χ1v) is 19.8. The predicted molar refractivity (Wildman–Crippen MR) is 198 cm³/mol. The molecule has 5 atom stereocenters. The summed E-state index contributed by atoms with van der Waals surface area (Å²) in [4.78, 5) is 18.4. The number of anilines is 1. The Morgan fingerprint density at radius 2 is 1.91 bits per heavy atom. The lowest BCUT2D eigenvalue weighted by molar-refractivity contribution is 0.107. The molecule has 5 aliphatic heterocycles. The number of hydrogen-bond acceptors (Lipinski definition) is 11. The van der Waals surface area contributed by atoms with E-state index in [1.54, 1.807) is 18.2 Å². The summed E-state index contributed by atoms with van der Waals surface area (Å²) in [5.41, 5.74) is -1.18. The summed E-state index contributed by atoms with van der Waals surface area (Å²) >= 11 is 0. The van der Waals surface area contributed by atoms with Crippen LogP contribution in [0, 0.1) is 24.0 Å². The monoisotopic (exact) mass is 768 g/mol. The molecule has 2 aromatic heterocycles. The highest BCUT2D eigenvalue weighted by Gasteiger charge is 2.50. The van der Waals surface area contributed by atoms with Crippen LogP contribution in [0.5, 0.6) is 17.6 Å². The molecule has 282 valence electrons. The maximum absolute atomic E-state index is 17.5. The van der Waals surface area contributed by atoms with Crippen LogP contribution >= 0.6 is 0 Å². The van der Waals surface area contributed by atoms with E-state index in [1.165, 1.54) is 30.3 Å². The normalized spacial score (nSPS) is 25.7. The van der Waals surface area contributed by atoms with Gasteiger partial charge >= 0.3 is 16.1 Å². The molecule has 11 nitrogen and oxygen atoms in total. The number of benzene rings is 3. The molecule has 3 aromatic carbocycles. The molecule has 0 saturated carbocycles. The van der Waals surface area contributed by atoms with E-state index in [0.29, 0.717) is 25.3 Å². The lowest BCUT2D eigenvalue weighted by Gasteiger charge is -2.40. The summed E-state index contributed by atoms with van der Waals surface area (Å²) in [5.74, 6) is 1.01. The van der Waals surface area contributed by atoms with Crippen molar-refractivity contribution >= 4 is 37.6 Å². The fourth-order valence-electron chi connectivity index (χ4n) is 9.36. The number of halogens is 3. The smallest absolute Gasteiger partial charge is 0.339 e. The van der Waals surface area contributed by atoms with Crippen LogP contribution in [0.1, 0.15) is 37.7 Å². The lowest BCUT2D eigenvalue weighted by Crippen LogP contribution is -2.60. The molecule has 0 aliphatic carbocycles. The number of terminal acetylenes is 1. The number of nitrogens with zero attached hydrogens (tertiary/aromatic N) is 5. The Balaban J connectivity index is 1.17. The Morgan fingerprint density at radius 3 is 2.75 bits per heavy atom. The third kappa shape index (κ3) is 5.56. The average Bonchev–Trinajstić information content (AvgIpc) is 3.82. The van der Waals surface area contributed by atoms with Gasteiger partial charge in [-0.1, -0.05) is 30.2 Å². The number of rotatable bonds is 7. The third-order valence-electron chi connectivity index (χ3n) is 11.8. The standard InChI is InChI=1S/C40H35F3N6O5S/c1-2-27-29(42)11-9-22-15-25(54-55(50,51)26-7-4-3-5-8-26)16-28(32(22)27)35-34(43)36-33-37(49-19-24-10-12-30(44-24)31(49)20-52-38(33)45-35)47-39(46-36)53-21-40-13-6-14-48(40)18-23(41)17-40/h1,3-5,7-9,11,15-16,23-24,30-31,44H,6,10,12-14,17-21H2/t23-,24-,30+,31-,40+/m1/s1. The summed E-state index contributed by atoms with van der Waals surface area (Å²) in [6, 6.07) is 12.8. The van der Waals surface area contributed by atoms with E-state index in [2.05, 4.69) is 26.0 Å². The second kappa shape index (κ2) is 12.7. The molecule has 0 amide bonds. The molecular formula is C40H35F3N6O5S. The predicted octanol–water partition coefficient (Wildman–Crippen LogP) is 5.53. The van der Waals surface area contributed by atoms with Crippen LogP contribution in [-0.2, 0) is 10.1 Å². The van der Waals surface area contributed by atoms with E-state index in [9.17, 15) is 12.8 Å². The second-order valence-corrected chi connectivity index (χ2v) is 16.6. The SMILES string of the molecule is C#Cc1c(F)ccc2cc(OS(=O)(=O)c3ccccc3)cc(-c3nc4c5c(nc(OC[C@@]67CCCN6C[C@H](F)C7)nc5c3F)N3C[C@H]5CC[C@H](N5)[C@H]3CO4)c12. The Kier molecular flexibility index (Phi) is 7.92. The number of hydrogen-bond donors (Lipinski definition) is 1. The van der Waals surface area contributed by atoms with Gasteiger partial charge < -0.3 is 23.9 Å². The van der Waals surface area contributed by atoms with E-state index in [-0.39, 0.29) is 92.4 Å². The van der Waals surface area contributed by atoms with Crippen LogP contribution in [0.15, 0.2) is 59.5 Å². The maximum atomic E-state index is 17.5. The summed E-state index contributed by atoms with van der Waals surface area (Å²) in [6.45, 7) is 2.02. The Morgan fingerprint density at radius 1 is 1.05 bits per heavy atom.